The van der Waals surface area contributed by atoms with Crippen molar-refractivity contribution in [2.45, 2.75) is 0 Å². The van der Waals surface area contributed by atoms with Crippen LogP contribution in [0.3, 0.4) is 0 Å². The maximum Gasteiger partial charge on any atom is 0.137 e. The first-order valence-corrected chi connectivity index (χ1v) is 10.2. The summed E-state index contributed by atoms with van der Waals surface area (Å²) in [5.41, 5.74) is 6.46. The molecule has 0 amide bonds. The minimum atomic E-state index is 0.842. The molecule has 4 heteroatoms. The summed E-state index contributed by atoms with van der Waals surface area (Å²) in [6, 6.07) is 29.7. The van der Waals surface area contributed by atoms with Gasteiger partial charge in [0.2, 0.25) is 0 Å². The van der Waals surface area contributed by atoms with Gasteiger partial charge in [-0.25, -0.2) is 4.98 Å². The van der Waals surface area contributed by atoms with Crippen LogP contribution in [0.1, 0.15) is 5.56 Å². The molecule has 0 saturated heterocycles. The van der Waals surface area contributed by atoms with E-state index in [0.717, 1.165) is 47.1 Å². The molecule has 6 rings (SSSR count). The van der Waals surface area contributed by atoms with Crippen LogP contribution in [0.2, 0.25) is 0 Å². The Kier molecular flexibility index (Phi) is 3.88. The third-order valence-corrected chi connectivity index (χ3v) is 5.68. The van der Waals surface area contributed by atoms with E-state index in [1.807, 2.05) is 6.07 Å². The van der Waals surface area contributed by atoms with Gasteiger partial charge >= 0.3 is 0 Å². The molecule has 0 saturated carbocycles. The van der Waals surface area contributed by atoms with Crippen molar-refractivity contribution in [3.8, 4) is 22.5 Å². The SMILES string of the molecule is c1ccc2c(-c3c(-c4ccc(C5=NCCN5)cc4)nc4ccccn34)cccc2c1. The summed E-state index contributed by atoms with van der Waals surface area (Å²) in [6.07, 6.45) is 2.09. The van der Waals surface area contributed by atoms with E-state index >= 15 is 0 Å². The number of hydrogen-bond acceptors (Lipinski definition) is 3. The number of aliphatic imine (C=N–C) groups is 1. The van der Waals surface area contributed by atoms with Gasteiger partial charge in [-0.2, -0.15) is 0 Å². The summed E-state index contributed by atoms with van der Waals surface area (Å²) in [5.74, 6) is 0.978. The second-order valence-electron chi connectivity index (χ2n) is 7.50. The Balaban J connectivity index is 1.58. The van der Waals surface area contributed by atoms with Crippen molar-refractivity contribution in [3.63, 3.8) is 0 Å². The molecule has 0 bridgehead atoms. The third-order valence-electron chi connectivity index (χ3n) is 5.68. The number of nitrogens with one attached hydrogen (secondary N) is 1. The molecule has 3 aromatic carbocycles. The van der Waals surface area contributed by atoms with Crippen molar-refractivity contribution < 1.29 is 0 Å². The van der Waals surface area contributed by atoms with Crippen LogP contribution in [-0.2, 0) is 0 Å². The van der Waals surface area contributed by atoms with Crippen LogP contribution in [0.15, 0.2) is 96.1 Å². The number of pyridine rings is 1. The largest absolute Gasteiger partial charge is 0.368 e. The van der Waals surface area contributed by atoms with Crippen LogP contribution in [0.25, 0.3) is 38.9 Å². The first-order chi connectivity index (χ1) is 14.9. The first kappa shape index (κ1) is 17.0. The van der Waals surface area contributed by atoms with Gasteiger partial charge in [0.1, 0.15) is 11.5 Å². The number of aromatic nitrogens is 2. The molecule has 0 atom stereocenters. The Morgan fingerprint density at radius 3 is 2.43 bits per heavy atom. The highest BCUT2D eigenvalue weighted by Gasteiger charge is 2.18. The van der Waals surface area contributed by atoms with Gasteiger partial charge in [0.15, 0.2) is 0 Å². The van der Waals surface area contributed by atoms with E-state index in [0.29, 0.717) is 0 Å². The second kappa shape index (κ2) is 6.85. The molecule has 0 aliphatic carbocycles. The highest BCUT2D eigenvalue weighted by Crippen LogP contribution is 2.36. The number of imidazole rings is 1. The van der Waals surface area contributed by atoms with Crippen LogP contribution < -0.4 is 5.32 Å². The van der Waals surface area contributed by atoms with Gasteiger partial charge < -0.3 is 5.32 Å². The zero-order valence-electron chi connectivity index (χ0n) is 16.4. The van der Waals surface area contributed by atoms with Gasteiger partial charge in [0, 0.05) is 29.4 Å². The minimum absolute atomic E-state index is 0.842. The number of amidine groups is 1. The Morgan fingerprint density at radius 2 is 1.57 bits per heavy atom. The molecule has 144 valence electrons. The zero-order chi connectivity index (χ0) is 19.9. The summed E-state index contributed by atoms with van der Waals surface area (Å²) in [7, 11) is 0. The summed E-state index contributed by atoms with van der Waals surface area (Å²) in [4.78, 5) is 9.54. The second-order valence-corrected chi connectivity index (χ2v) is 7.50. The Hall–Kier alpha value is -3.92. The molecular weight excluding hydrogens is 368 g/mol. The molecule has 1 N–H and O–H groups in total. The average molecular weight is 388 g/mol. The van der Waals surface area contributed by atoms with Gasteiger partial charge in [-0.05, 0) is 22.9 Å². The van der Waals surface area contributed by atoms with Crippen LogP contribution >= 0.6 is 0 Å². The number of nitrogens with zero attached hydrogens (tertiary/aromatic N) is 3. The molecule has 4 nitrogen and oxygen atoms in total. The Labute approximate surface area is 174 Å². The van der Waals surface area contributed by atoms with Crippen molar-refractivity contribution in [2.24, 2.45) is 4.99 Å². The predicted octanol–water partition coefficient (Wildman–Crippen LogP) is 5.17. The molecule has 1 aliphatic rings. The molecule has 0 unspecified atom stereocenters. The molecule has 5 aromatic rings. The lowest BCUT2D eigenvalue weighted by molar-refractivity contribution is 0.960. The lowest BCUT2D eigenvalue weighted by atomic mass is 9.98. The number of hydrogen-bond donors (Lipinski definition) is 1. The zero-order valence-corrected chi connectivity index (χ0v) is 16.4. The van der Waals surface area contributed by atoms with Crippen LogP contribution in [0, 0.1) is 0 Å². The fraction of sp³-hybridized carbons (Fsp3) is 0.0769. The summed E-state index contributed by atoms with van der Waals surface area (Å²) >= 11 is 0. The van der Waals surface area contributed by atoms with E-state index in [2.05, 4.69) is 99.8 Å². The smallest absolute Gasteiger partial charge is 0.137 e. The van der Waals surface area contributed by atoms with E-state index in [1.54, 1.807) is 0 Å². The summed E-state index contributed by atoms with van der Waals surface area (Å²) in [6.45, 7) is 1.75. The quantitative estimate of drug-likeness (QED) is 0.463. The molecule has 0 spiro atoms. The monoisotopic (exact) mass is 388 g/mol. The number of fused-ring (bicyclic) bond motifs is 2. The van der Waals surface area contributed by atoms with E-state index in [1.165, 1.54) is 16.3 Å². The van der Waals surface area contributed by atoms with Crippen LogP contribution in [-0.4, -0.2) is 28.3 Å². The minimum Gasteiger partial charge on any atom is -0.368 e. The first-order valence-electron chi connectivity index (χ1n) is 10.2. The van der Waals surface area contributed by atoms with Crippen molar-refractivity contribution in [3.05, 3.63) is 96.7 Å². The van der Waals surface area contributed by atoms with Gasteiger partial charge in [0.25, 0.3) is 0 Å². The van der Waals surface area contributed by atoms with Crippen LogP contribution in [0.4, 0.5) is 0 Å². The fourth-order valence-electron chi connectivity index (χ4n) is 4.26. The van der Waals surface area contributed by atoms with Crippen molar-refractivity contribution in [1.29, 1.82) is 0 Å². The van der Waals surface area contributed by atoms with Gasteiger partial charge in [-0.1, -0.05) is 72.8 Å². The van der Waals surface area contributed by atoms with Gasteiger partial charge in [-0.3, -0.25) is 9.39 Å². The summed E-state index contributed by atoms with van der Waals surface area (Å²) in [5, 5.41) is 5.80. The van der Waals surface area contributed by atoms with Crippen molar-refractivity contribution >= 4 is 22.3 Å². The third kappa shape index (κ3) is 2.69. The predicted molar refractivity (Wildman–Crippen MR) is 123 cm³/mol. The Bertz CT molecular complexity index is 1410. The van der Waals surface area contributed by atoms with Crippen molar-refractivity contribution in [1.82, 2.24) is 14.7 Å². The van der Waals surface area contributed by atoms with E-state index in [-0.39, 0.29) is 0 Å². The Morgan fingerprint density at radius 1 is 0.767 bits per heavy atom. The number of rotatable bonds is 3. The molecule has 1 aliphatic heterocycles. The van der Waals surface area contributed by atoms with Gasteiger partial charge in [-0.15, -0.1) is 0 Å². The lowest BCUT2D eigenvalue weighted by Gasteiger charge is -2.10. The average Bonchev–Trinajstić information content (AvgIpc) is 3.47. The maximum atomic E-state index is 5.01. The van der Waals surface area contributed by atoms with E-state index in [9.17, 15) is 0 Å². The van der Waals surface area contributed by atoms with Crippen molar-refractivity contribution in [2.75, 3.05) is 13.1 Å². The highest BCUT2D eigenvalue weighted by molar-refractivity contribution is 6.01. The molecule has 2 aromatic heterocycles. The molecule has 30 heavy (non-hydrogen) atoms. The lowest BCUT2D eigenvalue weighted by Crippen LogP contribution is -2.19. The van der Waals surface area contributed by atoms with E-state index < -0.39 is 0 Å². The van der Waals surface area contributed by atoms with E-state index in [4.69, 9.17) is 4.98 Å². The highest BCUT2D eigenvalue weighted by atomic mass is 15.1. The molecule has 0 fully saturated rings. The maximum absolute atomic E-state index is 5.01. The number of benzene rings is 3. The van der Waals surface area contributed by atoms with Gasteiger partial charge in [0.05, 0.1) is 17.9 Å². The topological polar surface area (TPSA) is 41.7 Å². The fourth-order valence-corrected chi connectivity index (χ4v) is 4.26. The molecule has 3 heterocycles. The van der Waals surface area contributed by atoms with Crippen LogP contribution in [0.5, 0.6) is 0 Å². The normalized spacial score (nSPS) is 13.5. The molecule has 0 radical (unpaired) electrons. The summed E-state index contributed by atoms with van der Waals surface area (Å²) < 4.78 is 2.19. The standard InChI is InChI=1S/C26H20N4/c1-2-8-21-18(6-1)7-5-9-22(21)25-24(29-23-10-3-4-17-30(23)25)19-11-13-20(14-12-19)26-27-15-16-28-26/h1-14,17H,15-16H2,(H,27,28). The molecular formula is C26H20N4.